The number of hydrogen-bond donors (Lipinski definition) is 1. The Morgan fingerprint density at radius 2 is 2.24 bits per heavy atom. The second-order valence-electron chi connectivity index (χ2n) is 6.36. The Kier molecular flexibility index (Phi) is 3.10. The van der Waals surface area contributed by atoms with Crippen molar-refractivity contribution in [2.75, 3.05) is 24.5 Å². The summed E-state index contributed by atoms with van der Waals surface area (Å²) in [4.78, 5) is 12.9. The van der Waals surface area contributed by atoms with Crippen molar-refractivity contribution in [3.05, 3.63) is 33.9 Å². The lowest BCUT2D eigenvalue weighted by atomic mass is 9.84. The van der Waals surface area contributed by atoms with Crippen molar-refractivity contribution in [1.29, 1.82) is 5.26 Å². The highest BCUT2D eigenvalue weighted by molar-refractivity contribution is 5.62. The summed E-state index contributed by atoms with van der Waals surface area (Å²) in [7, 11) is 0. The molecule has 1 aromatic rings. The minimum atomic E-state index is -0.479. The molecule has 2 heterocycles. The smallest absolute Gasteiger partial charge is 0.289 e. The van der Waals surface area contributed by atoms with E-state index in [0.717, 1.165) is 25.3 Å². The molecule has 0 saturated carbocycles. The van der Waals surface area contributed by atoms with Gasteiger partial charge >= 0.3 is 0 Å². The molecule has 0 aromatic heterocycles. The third-order valence-corrected chi connectivity index (χ3v) is 4.97. The number of benzene rings is 1. The van der Waals surface area contributed by atoms with Crippen molar-refractivity contribution < 1.29 is 4.92 Å². The van der Waals surface area contributed by atoms with Crippen LogP contribution in [0.3, 0.4) is 0 Å². The van der Waals surface area contributed by atoms with Gasteiger partial charge in [0.15, 0.2) is 0 Å². The Hall–Kier alpha value is -2.13. The van der Waals surface area contributed by atoms with Crippen LogP contribution in [0.5, 0.6) is 0 Å². The predicted molar refractivity (Wildman–Crippen MR) is 79.1 cm³/mol. The van der Waals surface area contributed by atoms with Crippen LogP contribution in [0.25, 0.3) is 0 Å². The number of nitro benzene ring substituents is 1. The van der Waals surface area contributed by atoms with E-state index in [1.165, 1.54) is 6.07 Å². The van der Waals surface area contributed by atoms with Gasteiger partial charge in [0.05, 0.1) is 4.92 Å². The number of rotatable bonds is 2. The van der Waals surface area contributed by atoms with Gasteiger partial charge in [-0.1, -0.05) is 0 Å². The average Bonchev–Trinajstić information content (AvgIpc) is 3.00. The first-order valence-electron chi connectivity index (χ1n) is 7.12. The van der Waals surface area contributed by atoms with Crippen molar-refractivity contribution in [2.45, 2.75) is 19.4 Å². The van der Waals surface area contributed by atoms with Crippen molar-refractivity contribution >= 4 is 11.4 Å². The fourth-order valence-corrected chi connectivity index (χ4v) is 3.79. The van der Waals surface area contributed by atoms with Gasteiger partial charge in [-0.2, -0.15) is 5.26 Å². The first kappa shape index (κ1) is 13.8. The van der Waals surface area contributed by atoms with Crippen LogP contribution in [0.15, 0.2) is 18.2 Å². The molecule has 0 amide bonds. The number of nitriles is 1. The first-order chi connectivity index (χ1) is 9.95. The van der Waals surface area contributed by atoms with E-state index >= 15 is 0 Å². The topological polar surface area (TPSA) is 82.2 Å². The summed E-state index contributed by atoms with van der Waals surface area (Å²) in [5, 5.41) is 23.5. The minimum absolute atomic E-state index is 0.0454. The number of nitro groups is 1. The summed E-state index contributed by atoms with van der Waals surface area (Å²) in [5.41, 5.74) is 0.791. The van der Waals surface area contributed by atoms with E-state index in [-0.39, 0.29) is 16.8 Å². The van der Waals surface area contributed by atoms with Crippen LogP contribution < -0.4 is 10.2 Å². The third-order valence-electron chi connectivity index (χ3n) is 4.97. The molecule has 3 rings (SSSR count). The van der Waals surface area contributed by atoms with Crippen molar-refractivity contribution in [1.82, 2.24) is 5.32 Å². The maximum absolute atomic E-state index is 11.1. The molecule has 21 heavy (non-hydrogen) atoms. The lowest BCUT2D eigenvalue weighted by Crippen LogP contribution is -2.44. The van der Waals surface area contributed by atoms with Gasteiger partial charge < -0.3 is 10.2 Å². The molecule has 2 saturated heterocycles. The summed E-state index contributed by atoms with van der Waals surface area (Å²) in [6.45, 7) is 7.27. The molecular weight excluding hydrogens is 268 g/mol. The molecule has 2 aliphatic heterocycles. The highest BCUT2D eigenvalue weighted by Gasteiger charge is 2.49. The van der Waals surface area contributed by atoms with E-state index < -0.39 is 4.92 Å². The number of anilines is 1. The highest BCUT2D eigenvalue weighted by Crippen LogP contribution is 2.43. The van der Waals surface area contributed by atoms with E-state index in [1.54, 1.807) is 6.07 Å². The Morgan fingerprint density at radius 3 is 2.86 bits per heavy atom. The number of fused-ring (bicyclic) bond motifs is 1. The zero-order chi connectivity index (χ0) is 15.2. The van der Waals surface area contributed by atoms with Crippen LogP contribution in [0.2, 0.25) is 0 Å². The second-order valence-corrected chi connectivity index (χ2v) is 6.36. The average molecular weight is 286 g/mol. The normalized spacial score (nSPS) is 26.4. The number of nitrogens with zero attached hydrogens (tertiary/aromatic N) is 3. The van der Waals surface area contributed by atoms with E-state index in [4.69, 9.17) is 5.26 Å². The van der Waals surface area contributed by atoms with Crippen LogP contribution in [0.1, 0.15) is 19.4 Å². The lowest BCUT2D eigenvalue weighted by Gasteiger charge is -2.37. The van der Waals surface area contributed by atoms with Gasteiger partial charge in [0, 0.05) is 36.9 Å². The minimum Gasteiger partial charge on any atom is -0.366 e. The molecule has 0 aliphatic carbocycles. The molecule has 1 N–H and O–H groups in total. The fraction of sp³-hybridized carbons (Fsp3) is 0.533. The molecule has 2 fully saturated rings. The monoisotopic (exact) mass is 286 g/mol. The maximum Gasteiger partial charge on any atom is 0.289 e. The SMILES string of the molecule is CC1(C)C2CNCC2CN1c1ccc(C#N)c([N+](=O)[O-])c1. The van der Waals surface area contributed by atoms with Crippen LogP contribution in [0, 0.1) is 33.3 Å². The summed E-state index contributed by atoms with van der Waals surface area (Å²) in [6, 6.07) is 6.79. The molecule has 6 heteroatoms. The van der Waals surface area contributed by atoms with E-state index in [9.17, 15) is 10.1 Å². The quantitative estimate of drug-likeness (QED) is 0.663. The van der Waals surface area contributed by atoms with Crippen molar-refractivity contribution in [3.63, 3.8) is 0 Å². The summed E-state index contributed by atoms with van der Waals surface area (Å²) < 4.78 is 0. The van der Waals surface area contributed by atoms with Gasteiger partial charge in [-0.25, -0.2) is 0 Å². The fourth-order valence-electron chi connectivity index (χ4n) is 3.79. The standard InChI is InChI=1S/C15H18N4O2/c1-15(2)13-8-17-7-11(13)9-18(15)12-4-3-10(6-16)14(5-12)19(20)21/h3-5,11,13,17H,7-9H2,1-2H3. The molecule has 6 nitrogen and oxygen atoms in total. The molecule has 0 spiro atoms. The van der Waals surface area contributed by atoms with Gasteiger partial charge in [0.2, 0.25) is 0 Å². The Morgan fingerprint density at radius 1 is 1.48 bits per heavy atom. The molecule has 2 aliphatic rings. The van der Waals surface area contributed by atoms with Crippen molar-refractivity contribution in [3.8, 4) is 6.07 Å². The van der Waals surface area contributed by atoms with Crippen LogP contribution in [-0.4, -0.2) is 30.1 Å². The highest BCUT2D eigenvalue weighted by atomic mass is 16.6. The Bertz CT molecular complexity index is 635. The first-order valence-corrected chi connectivity index (χ1v) is 7.12. The molecule has 2 atom stereocenters. The Balaban J connectivity index is 2.00. The predicted octanol–water partition coefficient (Wildman–Crippen LogP) is 1.90. The van der Waals surface area contributed by atoms with Crippen LogP contribution >= 0.6 is 0 Å². The molecular formula is C15H18N4O2. The molecule has 0 radical (unpaired) electrons. The third kappa shape index (κ3) is 2.05. The second kappa shape index (κ2) is 4.71. The van der Waals surface area contributed by atoms with Crippen LogP contribution in [0.4, 0.5) is 11.4 Å². The molecule has 1 aromatic carbocycles. The van der Waals surface area contributed by atoms with Gasteiger partial charge in [-0.3, -0.25) is 10.1 Å². The summed E-state index contributed by atoms with van der Waals surface area (Å²) in [5.74, 6) is 1.13. The maximum atomic E-state index is 11.1. The summed E-state index contributed by atoms with van der Waals surface area (Å²) in [6.07, 6.45) is 0. The van der Waals surface area contributed by atoms with Crippen molar-refractivity contribution in [2.24, 2.45) is 11.8 Å². The van der Waals surface area contributed by atoms with Gasteiger partial charge in [-0.05, 0) is 37.8 Å². The van der Waals surface area contributed by atoms with Gasteiger partial charge in [-0.15, -0.1) is 0 Å². The zero-order valence-electron chi connectivity index (χ0n) is 12.2. The van der Waals surface area contributed by atoms with E-state index in [0.29, 0.717) is 11.8 Å². The lowest BCUT2D eigenvalue weighted by molar-refractivity contribution is -0.385. The van der Waals surface area contributed by atoms with Gasteiger partial charge in [0.1, 0.15) is 11.6 Å². The van der Waals surface area contributed by atoms with E-state index in [2.05, 4.69) is 24.1 Å². The zero-order valence-corrected chi connectivity index (χ0v) is 12.2. The number of hydrogen-bond acceptors (Lipinski definition) is 5. The molecule has 110 valence electrons. The summed E-state index contributed by atoms with van der Waals surface area (Å²) >= 11 is 0. The van der Waals surface area contributed by atoms with Crippen LogP contribution in [-0.2, 0) is 0 Å². The van der Waals surface area contributed by atoms with E-state index in [1.807, 2.05) is 12.1 Å². The van der Waals surface area contributed by atoms with Gasteiger partial charge in [0.25, 0.3) is 5.69 Å². The molecule has 2 unspecified atom stereocenters. The molecule has 0 bridgehead atoms. The number of nitrogens with one attached hydrogen (secondary N) is 1. The Labute approximate surface area is 123 Å². The largest absolute Gasteiger partial charge is 0.366 e.